The Kier molecular flexibility index (Phi) is 5.52. The first kappa shape index (κ1) is 17.2. The van der Waals surface area contributed by atoms with Gasteiger partial charge in [-0.15, -0.1) is 11.3 Å². The summed E-state index contributed by atoms with van der Waals surface area (Å²) in [7, 11) is 0. The second-order valence-corrected chi connectivity index (χ2v) is 7.45. The summed E-state index contributed by atoms with van der Waals surface area (Å²) in [4.78, 5) is 27.2. The number of carbonyl (C=O) groups excluding carboxylic acids is 2. The van der Waals surface area contributed by atoms with E-state index in [9.17, 15) is 9.59 Å². The number of hydrogen-bond donors (Lipinski definition) is 3. The lowest BCUT2D eigenvalue weighted by molar-refractivity contribution is -0.118. The summed E-state index contributed by atoms with van der Waals surface area (Å²) >= 11 is 3.02. The van der Waals surface area contributed by atoms with Crippen LogP contribution in [0.3, 0.4) is 0 Å². The number of anilines is 1. The van der Waals surface area contributed by atoms with E-state index in [2.05, 4.69) is 15.6 Å². The quantitative estimate of drug-likeness (QED) is 0.579. The summed E-state index contributed by atoms with van der Waals surface area (Å²) in [6.45, 7) is 0.427. The van der Waals surface area contributed by atoms with Gasteiger partial charge in [-0.2, -0.15) is 0 Å². The van der Waals surface area contributed by atoms with E-state index >= 15 is 0 Å². The van der Waals surface area contributed by atoms with Crippen LogP contribution in [0.25, 0.3) is 10.2 Å². The van der Waals surface area contributed by atoms with E-state index in [0.29, 0.717) is 18.0 Å². The number of hydrogen-bond acceptors (Lipinski definition) is 5. The molecule has 2 aromatic carbocycles. The van der Waals surface area contributed by atoms with Crippen molar-refractivity contribution in [2.45, 2.75) is 10.9 Å². The van der Waals surface area contributed by atoms with Crippen molar-refractivity contribution in [3.63, 3.8) is 0 Å². The van der Waals surface area contributed by atoms with Crippen molar-refractivity contribution in [3.05, 3.63) is 54.1 Å². The lowest BCUT2D eigenvalue weighted by atomic mass is 10.2. The van der Waals surface area contributed by atoms with Gasteiger partial charge in [-0.1, -0.05) is 36.0 Å². The molecular weight excluding hydrogens is 356 g/mol. The zero-order valence-electron chi connectivity index (χ0n) is 13.2. The zero-order chi connectivity index (χ0) is 17.6. The summed E-state index contributed by atoms with van der Waals surface area (Å²) < 4.78 is 2.01. The Bertz CT molecular complexity index is 860. The summed E-state index contributed by atoms with van der Waals surface area (Å²) in [6, 6.07) is 14.4. The lowest BCUT2D eigenvalue weighted by Gasteiger charge is -2.06. The van der Waals surface area contributed by atoms with Gasteiger partial charge in [-0.05, 0) is 29.8 Å². The second kappa shape index (κ2) is 8.00. The second-order valence-electron chi connectivity index (χ2n) is 5.20. The van der Waals surface area contributed by atoms with E-state index in [0.717, 1.165) is 20.1 Å². The Morgan fingerprint density at radius 1 is 1.12 bits per heavy atom. The molecule has 0 unspecified atom stereocenters. The van der Waals surface area contributed by atoms with E-state index in [-0.39, 0.29) is 5.91 Å². The molecule has 0 radical (unpaired) electrons. The third-order valence-electron chi connectivity index (χ3n) is 3.31. The molecular formula is C17H16N4O2S2. The SMILES string of the molecule is NC(=O)Nc1ccc(CNC(=O)CSc2nc3ccccc3s2)cc1. The van der Waals surface area contributed by atoms with Crippen LogP contribution in [0.2, 0.25) is 0 Å². The van der Waals surface area contributed by atoms with Gasteiger partial charge in [0.1, 0.15) is 0 Å². The lowest BCUT2D eigenvalue weighted by Crippen LogP contribution is -2.24. The highest BCUT2D eigenvalue weighted by Crippen LogP contribution is 2.29. The van der Waals surface area contributed by atoms with E-state index in [4.69, 9.17) is 5.73 Å². The molecule has 1 heterocycles. The number of nitrogens with one attached hydrogen (secondary N) is 2. The fourth-order valence-corrected chi connectivity index (χ4v) is 4.04. The Labute approximate surface area is 152 Å². The Balaban J connectivity index is 1.47. The Hall–Kier alpha value is -2.58. The molecule has 3 rings (SSSR count). The highest BCUT2D eigenvalue weighted by atomic mass is 32.2. The third-order valence-corrected chi connectivity index (χ3v) is 5.49. The molecule has 0 spiro atoms. The van der Waals surface area contributed by atoms with Gasteiger partial charge < -0.3 is 16.4 Å². The number of fused-ring (bicyclic) bond motifs is 1. The summed E-state index contributed by atoms with van der Waals surface area (Å²) in [6.07, 6.45) is 0. The van der Waals surface area contributed by atoms with Gasteiger partial charge in [0.25, 0.3) is 0 Å². The number of urea groups is 1. The number of rotatable bonds is 6. The number of carbonyl (C=O) groups is 2. The first-order valence-corrected chi connectivity index (χ1v) is 9.31. The number of nitrogens with two attached hydrogens (primary N) is 1. The van der Waals surface area contributed by atoms with Gasteiger partial charge in [-0.25, -0.2) is 9.78 Å². The topological polar surface area (TPSA) is 97.1 Å². The number of amides is 3. The number of benzene rings is 2. The minimum absolute atomic E-state index is 0.0522. The zero-order valence-corrected chi connectivity index (χ0v) is 14.8. The van der Waals surface area contributed by atoms with Crippen LogP contribution in [0.4, 0.5) is 10.5 Å². The van der Waals surface area contributed by atoms with Crippen LogP contribution < -0.4 is 16.4 Å². The molecule has 25 heavy (non-hydrogen) atoms. The fourth-order valence-electron chi connectivity index (χ4n) is 2.14. The monoisotopic (exact) mass is 372 g/mol. The third kappa shape index (κ3) is 4.94. The maximum absolute atomic E-state index is 12.0. The minimum atomic E-state index is -0.604. The molecule has 0 bridgehead atoms. The van der Waals surface area contributed by atoms with E-state index in [1.807, 2.05) is 36.4 Å². The van der Waals surface area contributed by atoms with Crippen molar-refractivity contribution in [1.29, 1.82) is 0 Å². The van der Waals surface area contributed by atoms with Crippen LogP contribution in [-0.2, 0) is 11.3 Å². The maximum atomic E-state index is 12.0. The fraction of sp³-hybridized carbons (Fsp3) is 0.118. The van der Waals surface area contributed by atoms with Crippen LogP contribution in [0.15, 0.2) is 52.9 Å². The Morgan fingerprint density at radius 3 is 2.60 bits per heavy atom. The molecule has 3 aromatic rings. The first-order valence-electron chi connectivity index (χ1n) is 7.50. The van der Waals surface area contributed by atoms with Crippen molar-refractivity contribution in [2.75, 3.05) is 11.1 Å². The molecule has 0 aliphatic heterocycles. The van der Waals surface area contributed by atoms with Crippen LogP contribution in [0.5, 0.6) is 0 Å². The predicted molar refractivity (Wildman–Crippen MR) is 102 cm³/mol. The predicted octanol–water partition coefficient (Wildman–Crippen LogP) is 3.20. The number of primary amides is 1. The maximum Gasteiger partial charge on any atom is 0.316 e. The molecule has 0 fully saturated rings. The standard InChI is InChI=1S/C17H16N4O2S2/c18-16(23)20-12-7-5-11(6-8-12)9-19-15(22)10-24-17-21-13-3-1-2-4-14(13)25-17/h1-8H,9-10H2,(H,19,22)(H3,18,20,23). The molecule has 0 aliphatic rings. The van der Waals surface area contributed by atoms with Gasteiger partial charge >= 0.3 is 6.03 Å². The number of nitrogens with zero attached hydrogens (tertiary/aromatic N) is 1. The van der Waals surface area contributed by atoms with Gasteiger partial charge in [0.15, 0.2) is 4.34 Å². The number of para-hydroxylation sites is 1. The minimum Gasteiger partial charge on any atom is -0.351 e. The summed E-state index contributed by atoms with van der Waals surface area (Å²) in [5, 5.41) is 5.36. The largest absolute Gasteiger partial charge is 0.351 e. The summed E-state index contributed by atoms with van der Waals surface area (Å²) in [5.74, 6) is 0.268. The number of aromatic nitrogens is 1. The molecule has 0 saturated heterocycles. The molecule has 8 heteroatoms. The first-order chi connectivity index (χ1) is 12.1. The van der Waals surface area contributed by atoms with Crippen LogP contribution in [0.1, 0.15) is 5.56 Å². The van der Waals surface area contributed by atoms with Gasteiger partial charge in [0.2, 0.25) is 5.91 Å². The van der Waals surface area contributed by atoms with E-state index in [1.165, 1.54) is 11.8 Å². The highest BCUT2D eigenvalue weighted by molar-refractivity contribution is 8.01. The Morgan fingerprint density at radius 2 is 1.88 bits per heavy atom. The van der Waals surface area contributed by atoms with Crippen LogP contribution in [-0.4, -0.2) is 22.7 Å². The molecule has 0 aliphatic carbocycles. The van der Waals surface area contributed by atoms with Crippen molar-refractivity contribution in [3.8, 4) is 0 Å². The molecule has 1 aromatic heterocycles. The average Bonchev–Trinajstić information content (AvgIpc) is 3.02. The van der Waals surface area contributed by atoms with Crippen molar-refractivity contribution in [1.82, 2.24) is 10.3 Å². The average molecular weight is 372 g/mol. The molecule has 4 N–H and O–H groups in total. The van der Waals surface area contributed by atoms with E-state index in [1.54, 1.807) is 23.5 Å². The van der Waals surface area contributed by atoms with Crippen molar-refractivity contribution >= 4 is 50.9 Å². The van der Waals surface area contributed by atoms with Crippen LogP contribution in [0, 0.1) is 0 Å². The van der Waals surface area contributed by atoms with Gasteiger partial charge in [0.05, 0.1) is 16.0 Å². The molecule has 6 nitrogen and oxygen atoms in total. The number of thiazole rings is 1. The van der Waals surface area contributed by atoms with Crippen LogP contribution >= 0.6 is 23.1 Å². The van der Waals surface area contributed by atoms with E-state index < -0.39 is 6.03 Å². The normalized spacial score (nSPS) is 10.6. The van der Waals surface area contributed by atoms with Crippen molar-refractivity contribution < 1.29 is 9.59 Å². The highest BCUT2D eigenvalue weighted by Gasteiger charge is 2.07. The smallest absolute Gasteiger partial charge is 0.316 e. The number of thioether (sulfide) groups is 1. The molecule has 128 valence electrons. The van der Waals surface area contributed by atoms with Gasteiger partial charge in [0, 0.05) is 12.2 Å². The van der Waals surface area contributed by atoms with Crippen molar-refractivity contribution in [2.24, 2.45) is 5.73 Å². The summed E-state index contributed by atoms with van der Waals surface area (Å²) in [5.41, 5.74) is 7.57. The molecule has 3 amide bonds. The van der Waals surface area contributed by atoms with Gasteiger partial charge in [-0.3, -0.25) is 4.79 Å². The molecule has 0 atom stereocenters. The molecule has 0 saturated carbocycles.